The predicted octanol–water partition coefficient (Wildman–Crippen LogP) is 6.24. The highest BCUT2D eigenvalue weighted by atomic mass is 16.7. The van der Waals surface area contributed by atoms with Gasteiger partial charge in [-0.05, 0) is 61.5 Å². The summed E-state index contributed by atoms with van der Waals surface area (Å²) >= 11 is 0. The molecule has 2 heterocycles. The third-order valence-corrected chi connectivity index (χ3v) is 9.29. The van der Waals surface area contributed by atoms with Crippen LogP contribution in [0.1, 0.15) is 86.2 Å². The number of benzene rings is 3. The minimum absolute atomic E-state index is 0.00385. The molecule has 2 amide bonds. The Morgan fingerprint density at radius 2 is 1.46 bits per heavy atom. The van der Waals surface area contributed by atoms with E-state index in [0.717, 1.165) is 47.5 Å². The van der Waals surface area contributed by atoms with Crippen LogP contribution in [0.3, 0.4) is 0 Å². The first-order valence-corrected chi connectivity index (χ1v) is 16.8. The summed E-state index contributed by atoms with van der Waals surface area (Å²) in [6.45, 7) is 7.12. The highest BCUT2D eigenvalue weighted by Crippen LogP contribution is 2.42. The molecule has 5 unspecified atom stereocenters. The number of nitrogens with zero attached hydrogens (tertiary/aromatic N) is 1. The third kappa shape index (κ3) is 9.48. The molecule has 3 aromatic rings. The van der Waals surface area contributed by atoms with Crippen LogP contribution < -0.4 is 10.6 Å². The monoisotopic (exact) mass is 627 g/mol. The first-order valence-electron chi connectivity index (χ1n) is 16.8. The number of likely N-dealkylation sites (tertiary alicyclic amines) is 1. The van der Waals surface area contributed by atoms with E-state index in [1.165, 1.54) is 39.0 Å². The molecule has 0 bridgehead atoms. The molecule has 3 aromatic carbocycles. The minimum atomic E-state index is -0.591. The summed E-state index contributed by atoms with van der Waals surface area (Å²) in [7, 11) is 0. The fourth-order valence-electron chi connectivity index (χ4n) is 6.41. The Hall–Kier alpha value is -3.56. The lowest BCUT2D eigenvalue weighted by molar-refractivity contribution is -0.276. The van der Waals surface area contributed by atoms with Gasteiger partial charge in [-0.3, -0.25) is 4.79 Å². The number of hydrogen-bond acceptors (Lipinski definition) is 6. The van der Waals surface area contributed by atoms with Crippen molar-refractivity contribution in [3.8, 4) is 0 Å². The molecular weight excluding hydrogens is 578 g/mol. The van der Waals surface area contributed by atoms with Crippen molar-refractivity contribution in [2.45, 2.75) is 90.1 Å². The number of hydrogen-bond donors (Lipinski definition) is 3. The van der Waals surface area contributed by atoms with Crippen molar-refractivity contribution in [2.75, 3.05) is 19.6 Å². The number of Topliss-reactive ketones (excluding diaryl/α,β-unsaturated/α-hetero) is 1. The topological polar surface area (TPSA) is 100 Å². The van der Waals surface area contributed by atoms with Crippen LogP contribution in [-0.4, -0.2) is 53.6 Å². The number of carbonyl (C=O) groups is 2. The highest BCUT2D eigenvalue weighted by molar-refractivity contribution is 5.87. The van der Waals surface area contributed by atoms with Gasteiger partial charge in [0.05, 0.1) is 24.9 Å². The van der Waals surface area contributed by atoms with E-state index in [-0.39, 0.29) is 36.5 Å². The van der Waals surface area contributed by atoms with Crippen LogP contribution in [0.5, 0.6) is 0 Å². The summed E-state index contributed by atoms with van der Waals surface area (Å²) in [6.07, 6.45) is 6.12. The molecule has 5 rings (SSSR count). The lowest BCUT2D eigenvalue weighted by Crippen LogP contribution is -2.46. The van der Waals surface area contributed by atoms with Gasteiger partial charge in [0.25, 0.3) is 0 Å². The van der Waals surface area contributed by atoms with Crippen LogP contribution >= 0.6 is 0 Å². The first-order chi connectivity index (χ1) is 22.4. The van der Waals surface area contributed by atoms with Gasteiger partial charge in [-0.1, -0.05) is 105 Å². The molecule has 2 saturated heterocycles. The van der Waals surface area contributed by atoms with Crippen LogP contribution in [0.2, 0.25) is 0 Å². The van der Waals surface area contributed by atoms with Gasteiger partial charge in [0.1, 0.15) is 0 Å². The number of ketones is 1. The fraction of sp³-hybridized carbons (Fsp3) is 0.474. The molecule has 0 spiro atoms. The molecular formula is C38H49N3O5. The maximum absolute atomic E-state index is 12.7. The van der Waals surface area contributed by atoms with Crippen molar-refractivity contribution >= 4 is 11.8 Å². The fourth-order valence-corrected chi connectivity index (χ4v) is 6.41. The standard InChI is InChI=1S/C38H49N3O5/c1-27-35(25-41-21-9-4-3-5-10-22-41)45-37(46-36(27)32-17-15-31(26-42)16-18-32)33-19-13-30(14-20-33)24-39-38(44)40-34(28(2)43)23-29-11-7-6-8-12-29/h6-8,11-20,27,34-37,42H,3-5,9-10,21-26H2,1-2H3,(H2,39,40,44). The number of nitrogens with one attached hydrogen (secondary N) is 2. The number of aliphatic hydroxyl groups excluding tert-OH is 1. The van der Waals surface area contributed by atoms with E-state index in [1.54, 1.807) is 0 Å². The number of carbonyl (C=O) groups excluding carboxylic acids is 2. The quantitative estimate of drug-likeness (QED) is 0.233. The van der Waals surface area contributed by atoms with Gasteiger partial charge in [0, 0.05) is 24.6 Å². The number of urea groups is 1. The van der Waals surface area contributed by atoms with E-state index in [9.17, 15) is 14.7 Å². The number of rotatable bonds is 11. The molecule has 2 aliphatic rings. The van der Waals surface area contributed by atoms with E-state index in [0.29, 0.717) is 13.0 Å². The SMILES string of the molecule is CC(=O)C(Cc1ccccc1)NC(=O)NCc1ccc(C2OC(CN3CCCCCCC3)C(C)C(c3ccc(CO)cc3)O2)cc1. The van der Waals surface area contributed by atoms with Crippen LogP contribution in [-0.2, 0) is 33.8 Å². The Labute approximate surface area is 273 Å². The molecule has 46 heavy (non-hydrogen) atoms. The van der Waals surface area contributed by atoms with E-state index in [4.69, 9.17) is 9.47 Å². The molecule has 2 aliphatic heterocycles. The summed E-state index contributed by atoms with van der Waals surface area (Å²) in [5.74, 6) is 0.0572. The molecule has 0 aromatic heterocycles. The Balaban J connectivity index is 1.23. The zero-order chi connectivity index (χ0) is 32.3. The van der Waals surface area contributed by atoms with Gasteiger partial charge in [-0.25, -0.2) is 4.79 Å². The molecule has 246 valence electrons. The number of amides is 2. The van der Waals surface area contributed by atoms with Gasteiger partial charge < -0.3 is 30.1 Å². The Morgan fingerprint density at radius 3 is 2.11 bits per heavy atom. The second-order valence-electron chi connectivity index (χ2n) is 12.8. The zero-order valence-electron chi connectivity index (χ0n) is 27.2. The Bertz CT molecular complexity index is 1370. The summed E-state index contributed by atoms with van der Waals surface area (Å²) in [4.78, 5) is 27.4. The van der Waals surface area contributed by atoms with E-state index < -0.39 is 12.3 Å². The summed E-state index contributed by atoms with van der Waals surface area (Å²) in [5.41, 5.74) is 4.81. The normalized spacial score (nSPS) is 23.1. The zero-order valence-corrected chi connectivity index (χ0v) is 27.2. The van der Waals surface area contributed by atoms with Crippen molar-refractivity contribution < 1.29 is 24.2 Å². The average molecular weight is 628 g/mol. The molecule has 8 nitrogen and oxygen atoms in total. The Kier molecular flexibility index (Phi) is 12.4. The van der Waals surface area contributed by atoms with E-state index >= 15 is 0 Å². The number of aliphatic hydroxyl groups is 1. The minimum Gasteiger partial charge on any atom is -0.392 e. The van der Waals surface area contributed by atoms with Crippen molar-refractivity contribution in [1.82, 2.24) is 15.5 Å². The van der Waals surface area contributed by atoms with Crippen LogP contribution in [0.25, 0.3) is 0 Å². The van der Waals surface area contributed by atoms with Crippen LogP contribution in [0.4, 0.5) is 4.79 Å². The summed E-state index contributed by atoms with van der Waals surface area (Å²) < 4.78 is 13.3. The lowest BCUT2D eigenvalue weighted by atomic mass is 9.89. The highest BCUT2D eigenvalue weighted by Gasteiger charge is 2.39. The van der Waals surface area contributed by atoms with Gasteiger partial charge in [-0.15, -0.1) is 0 Å². The second kappa shape index (κ2) is 16.8. The third-order valence-electron chi connectivity index (χ3n) is 9.29. The predicted molar refractivity (Wildman–Crippen MR) is 179 cm³/mol. The van der Waals surface area contributed by atoms with Crippen LogP contribution in [0.15, 0.2) is 78.9 Å². The van der Waals surface area contributed by atoms with Crippen molar-refractivity contribution in [3.05, 3.63) is 107 Å². The number of ether oxygens (including phenoxy) is 2. The smallest absolute Gasteiger partial charge is 0.315 e. The second-order valence-corrected chi connectivity index (χ2v) is 12.8. The summed E-state index contributed by atoms with van der Waals surface area (Å²) in [6, 6.07) is 24.7. The first kappa shape index (κ1) is 33.8. The van der Waals surface area contributed by atoms with Crippen molar-refractivity contribution in [2.24, 2.45) is 5.92 Å². The van der Waals surface area contributed by atoms with E-state index in [1.807, 2.05) is 66.7 Å². The molecule has 0 radical (unpaired) electrons. The average Bonchev–Trinajstić information content (AvgIpc) is 3.06. The van der Waals surface area contributed by atoms with Crippen LogP contribution in [0, 0.1) is 5.92 Å². The van der Waals surface area contributed by atoms with Gasteiger partial charge in [-0.2, -0.15) is 0 Å². The van der Waals surface area contributed by atoms with Gasteiger partial charge in [0.15, 0.2) is 12.1 Å². The van der Waals surface area contributed by atoms with Crippen molar-refractivity contribution in [1.29, 1.82) is 0 Å². The van der Waals surface area contributed by atoms with Gasteiger partial charge in [0.2, 0.25) is 0 Å². The molecule has 0 aliphatic carbocycles. The van der Waals surface area contributed by atoms with Crippen molar-refractivity contribution in [3.63, 3.8) is 0 Å². The molecule has 5 atom stereocenters. The molecule has 2 fully saturated rings. The molecule has 8 heteroatoms. The van der Waals surface area contributed by atoms with E-state index in [2.05, 4.69) is 34.6 Å². The Morgan fingerprint density at radius 1 is 0.826 bits per heavy atom. The lowest BCUT2D eigenvalue weighted by Gasteiger charge is -2.43. The maximum Gasteiger partial charge on any atom is 0.315 e. The molecule has 3 N–H and O–H groups in total. The molecule has 0 saturated carbocycles. The largest absolute Gasteiger partial charge is 0.392 e. The summed E-state index contributed by atoms with van der Waals surface area (Å²) in [5, 5.41) is 15.3. The van der Waals surface area contributed by atoms with Gasteiger partial charge >= 0.3 is 6.03 Å². The maximum atomic E-state index is 12.7.